The van der Waals surface area contributed by atoms with Gasteiger partial charge in [0.2, 0.25) is 5.96 Å². The lowest BCUT2D eigenvalue weighted by Crippen LogP contribution is -2.47. The van der Waals surface area contributed by atoms with Crippen LogP contribution in [0.5, 0.6) is 0 Å². The Morgan fingerprint density at radius 3 is 1.39 bits per heavy atom. The Kier molecular flexibility index (Phi) is 16.0. The third-order valence-electron chi connectivity index (χ3n) is 3.13. The van der Waals surface area contributed by atoms with E-state index in [1.165, 1.54) is 13.8 Å². The van der Waals surface area contributed by atoms with Gasteiger partial charge in [-0.2, -0.15) is 4.99 Å². The van der Waals surface area contributed by atoms with Gasteiger partial charge in [0.1, 0.15) is 29.1 Å². The standard InChI is InChI=1S/C14H25N3O5.C11H20N2O3/c1-9(18)8-15-10(16-11(19)21-13(2,3)4)17-12(20)22-14(5,6)7;1-8(6-12-7-9(2)14)13-10(15)16-11(3,4)5/h8H2,1-7H3,(H2,15,16,17,19,20);12H,6-7H2,1-5H3. The highest BCUT2D eigenvalue weighted by Crippen LogP contribution is 2.08. The summed E-state index contributed by atoms with van der Waals surface area (Å²) in [5, 5.41) is 7.41. The summed E-state index contributed by atoms with van der Waals surface area (Å²) in [5.74, 6) is -0.391. The number of amides is 3. The highest BCUT2D eigenvalue weighted by Gasteiger charge is 2.21. The van der Waals surface area contributed by atoms with Crippen molar-refractivity contribution in [2.45, 2.75) is 99.9 Å². The van der Waals surface area contributed by atoms with Gasteiger partial charge in [0, 0.05) is 12.3 Å². The van der Waals surface area contributed by atoms with Gasteiger partial charge in [-0.25, -0.2) is 19.4 Å². The quantitative estimate of drug-likeness (QED) is 0.257. The van der Waals surface area contributed by atoms with E-state index >= 15 is 0 Å². The van der Waals surface area contributed by atoms with Crippen molar-refractivity contribution < 1.29 is 38.2 Å². The number of nitrogens with one attached hydrogen (secondary N) is 3. The summed E-state index contributed by atoms with van der Waals surface area (Å²) >= 11 is 0. The molecule has 0 aromatic rings. The molecule has 0 aliphatic carbocycles. The van der Waals surface area contributed by atoms with Crippen molar-refractivity contribution >= 4 is 41.5 Å². The van der Waals surface area contributed by atoms with Crippen LogP contribution in [0, 0.1) is 0 Å². The average molecular weight is 544 g/mol. The zero-order valence-electron chi connectivity index (χ0n) is 24.8. The highest BCUT2D eigenvalue weighted by atomic mass is 16.6. The van der Waals surface area contributed by atoms with Crippen LogP contribution < -0.4 is 16.0 Å². The van der Waals surface area contributed by atoms with Crippen LogP contribution in [-0.2, 0) is 23.8 Å². The Morgan fingerprint density at radius 1 is 0.632 bits per heavy atom. The fourth-order valence-corrected chi connectivity index (χ4v) is 2.00. The number of nitrogens with zero attached hydrogens (tertiary/aromatic N) is 2. The van der Waals surface area contributed by atoms with Crippen LogP contribution in [0.25, 0.3) is 0 Å². The number of Topliss-reactive ketones (excluding diaryl/α,β-unsaturated/α-hetero) is 2. The molecule has 0 rings (SSSR count). The number of hydrogen-bond acceptors (Lipinski definition) is 10. The van der Waals surface area contributed by atoms with Crippen LogP contribution in [0.15, 0.2) is 9.98 Å². The normalized spacial score (nSPS) is 11.7. The van der Waals surface area contributed by atoms with Crippen molar-refractivity contribution in [2.24, 2.45) is 9.98 Å². The first-order valence-corrected chi connectivity index (χ1v) is 12.0. The molecule has 0 atom stereocenters. The van der Waals surface area contributed by atoms with Gasteiger partial charge in [-0.3, -0.25) is 20.2 Å². The van der Waals surface area contributed by atoms with Crippen LogP contribution >= 0.6 is 0 Å². The second-order valence-corrected chi connectivity index (χ2v) is 11.3. The van der Waals surface area contributed by atoms with Gasteiger partial charge in [0.25, 0.3) is 0 Å². The van der Waals surface area contributed by atoms with Crippen molar-refractivity contribution in [1.29, 1.82) is 0 Å². The minimum atomic E-state index is -0.800. The molecule has 0 saturated carbocycles. The van der Waals surface area contributed by atoms with E-state index in [0.717, 1.165) is 0 Å². The maximum atomic E-state index is 11.7. The molecule has 0 radical (unpaired) electrons. The molecule has 0 spiro atoms. The predicted molar refractivity (Wildman–Crippen MR) is 145 cm³/mol. The van der Waals surface area contributed by atoms with E-state index in [-0.39, 0.29) is 30.6 Å². The third-order valence-corrected chi connectivity index (χ3v) is 3.13. The summed E-state index contributed by atoms with van der Waals surface area (Å²) in [6, 6.07) is 0. The van der Waals surface area contributed by atoms with Gasteiger partial charge in [0.15, 0.2) is 5.78 Å². The van der Waals surface area contributed by atoms with E-state index in [4.69, 9.17) is 14.2 Å². The monoisotopic (exact) mass is 543 g/mol. The number of hydrogen-bond donors (Lipinski definition) is 3. The summed E-state index contributed by atoms with van der Waals surface area (Å²) in [6.45, 7) is 20.5. The SMILES string of the molecule is CC(=O)CN=C(NC(=O)OC(C)(C)C)NC(=O)OC(C)(C)C.CC(=O)CNCC(C)=NC(=O)OC(C)(C)C. The highest BCUT2D eigenvalue weighted by molar-refractivity contribution is 6.02. The minimum absolute atomic E-state index is 0.0464. The van der Waals surface area contributed by atoms with Crippen LogP contribution in [0.3, 0.4) is 0 Å². The molecule has 3 amide bonds. The molecule has 0 heterocycles. The lowest BCUT2D eigenvalue weighted by Gasteiger charge is -2.22. The van der Waals surface area contributed by atoms with Gasteiger partial charge in [0.05, 0.1) is 6.54 Å². The molecule has 0 fully saturated rings. The smallest absolute Gasteiger partial charge is 0.434 e. The molecule has 0 saturated heterocycles. The van der Waals surface area contributed by atoms with Crippen molar-refractivity contribution in [3.8, 4) is 0 Å². The summed E-state index contributed by atoms with van der Waals surface area (Å²) in [6.07, 6.45) is -2.20. The summed E-state index contributed by atoms with van der Waals surface area (Å²) in [7, 11) is 0. The fraction of sp³-hybridized carbons (Fsp3) is 0.720. The van der Waals surface area contributed by atoms with Crippen molar-refractivity contribution in [3.05, 3.63) is 0 Å². The molecule has 0 unspecified atom stereocenters. The van der Waals surface area contributed by atoms with Crippen molar-refractivity contribution in [1.82, 2.24) is 16.0 Å². The average Bonchev–Trinajstić information content (AvgIpc) is 2.61. The molecule has 3 N–H and O–H groups in total. The Morgan fingerprint density at radius 2 is 1.05 bits per heavy atom. The summed E-state index contributed by atoms with van der Waals surface area (Å²) in [5.41, 5.74) is -1.35. The van der Waals surface area contributed by atoms with Gasteiger partial charge in [-0.15, -0.1) is 0 Å². The van der Waals surface area contributed by atoms with Crippen LogP contribution in [0.1, 0.15) is 83.1 Å². The van der Waals surface area contributed by atoms with Crippen LogP contribution in [-0.4, -0.2) is 78.0 Å². The summed E-state index contributed by atoms with van der Waals surface area (Å²) < 4.78 is 15.1. The Labute approximate surface area is 225 Å². The molecule has 0 aromatic heterocycles. The second-order valence-electron chi connectivity index (χ2n) is 11.3. The molecular weight excluding hydrogens is 498 g/mol. The largest absolute Gasteiger partial charge is 0.444 e. The lowest BCUT2D eigenvalue weighted by atomic mass is 10.2. The third kappa shape index (κ3) is 27.2. The Balaban J connectivity index is 0. The molecule has 0 bridgehead atoms. The van der Waals surface area contributed by atoms with Crippen molar-refractivity contribution in [3.63, 3.8) is 0 Å². The number of carbonyl (C=O) groups is 5. The van der Waals surface area contributed by atoms with Gasteiger partial charge in [-0.1, -0.05) is 0 Å². The molecule has 0 aliphatic heterocycles. The summed E-state index contributed by atoms with van der Waals surface area (Å²) in [4.78, 5) is 63.8. The maximum Gasteiger partial charge on any atom is 0.434 e. The van der Waals surface area contributed by atoms with Gasteiger partial charge in [-0.05, 0) is 83.1 Å². The first kappa shape index (κ1) is 36.8. The zero-order valence-corrected chi connectivity index (χ0v) is 24.8. The molecule has 0 aromatic carbocycles. The Hall–Kier alpha value is -3.35. The minimum Gasteiger partial charge on any atom is -0.444 e. The van der Waals surface area contributed by atoms with Crippen molar-refractivity contribution in [2.75, 3.05) is 19.6 Å². The number of guanidine groups is 1. The number of carbonyl (C=O) groups excluding carboxylic acids is 5. The van der Waals surface area contributed by atoms with E-state index in [0.29, 0.717) is 12.3 Å². The van der Waals surface area contributed by atoms with E-state index in [2.05, 4.69) is 25.9 Å². The lowest BCUT2D eigenvalue weighted by molar-refractivity contribution is -0.116. The molecule has 38 heavy (non-hydrogen) atoms. The van der Waals surface area contributed by atoms with Gasteiger partial charge >= 0.3 is 18.3 Å². The van der Waals surface area contributed by atoms with E-state index in [1.807, 2.05) is 0 Å². The number of aliphatic imine (C=N–C) groups is 2. The second kappa shape index (κ2) is 16.5. The van der Waals surface area contributed by atoms with Crippen LogP contribution in [0.4, 0.5) is 14.4 Å². The van der Waals surface area contributed by atoms with E-state index in [1.54, 1.807) is 69.2 Å². The van der Waals surface area contributed by atoms with Crippen LogP contribution in [0.2, 0.25) is 0 Å². The molecule has 218 valence electrons. The number of ketones is 2. The first-order chi connectivity index (χ1) is 17.0. The van der Waals surface area contributed by atoms with E-state index in [9.17, 15) is 24.0 Å². The first-order valence-electron chi connectivity index (χ1n) is 12.0. The molecule has 13 heteroatoms. The zero-order chi connectivity index (χ0) is 30.3. The fourth-order valence-electron chi connectivity index (χ4n) is 2.00. The molecule has 0 aliphatic rings. The topological polar surface area (TPSA) is 174 Å². The molecular formula is C25H45N5O8. The predicted octanol–water partition coefficient (Wildman–Crippen LogP) is 3.54. The number of alkyl carbamates (subject to hydrolysis) is 2. The molecule has 13 nitrogen and oxygen atoms in total. The maximum absolute atomic E-state index is 11.7. The van der Waals surface area contributed by atoms with Gasteiger partial charge < -0.3 is 19.5 Å². The Bertz CT molecular complexity index is 859. The van der Waals surface area contributed by atoms with E-state index < -0.39 is 35.1 Å². The number of rotatable bonds is 6. The number of ether oxygens (including phenoxy) is 3.